The Bertz CT molecular complexity index is 651. The van der Waals surface area contributed by atoms with Crippen molar-refractivity contribution in [2.45, 2.75) is 6.40 Å². The lowest BCUT2D eigenvalue weighted by Gasteiger charge is -2.08. The van der Waals surface area contributed by atoms with Crippen molar-refractivity contribution >= 4 is 10.9 Å². The number of aromatic amines is 1. The molecule has 0 aliphatic rings. The molecule has 80 valence electrons. The summed E-state index contributed by atoms with van der Waals surface area (Å²) >= 11 is 0. The van der Waals surface area contributed by atoms with Crippen molar-refractivity contribution in [3.63, 3.8) is 0 Å². The van der Waals surface area contributed by atoms with Gasteiger partial charge in [-0.2, -0.15) is 0 Å². The van der Waals surface area contributed by atoms with Crippen LogP contribution in [-0.4, -0.2) is 35.5 Å². The zero-order valence-electron chi connectivity index (χ0n) is 14.3. The van der Waals surface area contributed by atoms with Gasteiger partial charge in [0, 0.05) is 31.8 Å². The molecule has 0 aliphatic carbocycles. The van der Waals surface area contributed by atoms with Crippen LogP contribution in [-0.2, 0) is 6.40 Å². The van der Waals surface area contributed by atoms with Crippen LogP contribution in [0.4, 0.5) is 0 Å². The number of phenols is 1. The van der Waals surface area contributed by atoms with Crippen LogP contribution >= 0.6 is 0 Å². The van der Waals surface area contributed by atoms with Crippen molar-refractivity contribution in [2.75, 3.05) is 20.5 Å². The molecule has 1 aromatic heterocycles. The molecule has 1 heterocycles. The molecular formula is C12H16N2O. The predicted octanol–water partition coefficient (Wildman–Crippen LogP) is 1.98. The molecule has 0 saturated carbocycles. The maximum absolute atomic E-state index is 9.90. The minimum absolute atomic E-state index is 0.0756. The van der Waals surface area contributed by atoms with E-state index in [-0.39, 0.29) is 11.3 Å². The Hall–Kier alpha value is -1.48. The number of aryl methyl sites for hydroxylation is 1. The third kappa shape index (κ3) is 1.97. The number of phenolic OH excluding ortho intramolecular Hbond substituents is 1. The number of rotatable bonds is 3. The zero-order valence-corrected chi connectivity index (χ0v) is 8.28. The van der Waals surface area contributed by atoms with Crippen molar-refractivity contribution in [3.05, 3.63) is 30.0 Å². The van der Waals surface area contributed by atoms with E-state index in [1.165, 1.54) is 12.3 Å². The van der Waals surface area contributed by atoms with E-state index in [0.717, 1.165) is 7.05 Å². The highest BCUT2D eigenvalue weighted by molar-refractivity contribution is 5.88. The van der Waals surface area contributed by atoms with Gasteiger partial charge < -0.3 is 15.0 Å². The number of nitrogens with one attached hydrogen (secondary N) is 1. The summed E-state index contributed by atoms with van der Waals surface area (Å²) in [4.78, 5) is 3.41. The van der Waals surface area contributed by atoms with Gasteiger partial charge in [0.2, 0.25) is 0 Å². The lowest BCUT2D eigenvalue weighted by atomic mass is 10.1. The largest absolute Gasteiger partial charge is 0.507 e. The number of fused-ring (bicyclic) bond motifs is 1. The van der Waals surface area contributed by atoms with Crippen molar-refractivity contribution in [2.24, 2.45) is 0 Å². The first kappa shape index (κ1) is 5.03. The quantitative estimate of drug-likeness (QED) is 0.813. The van der Waals surface area contributed by atoms with Crippen LogP contribution in [0.5, 0.6) is 5.75 Å². The summed E-state index contributed by atoms with van der Waals surface area (Å²) in [5.74, 6) is -0.0756. The van der Waals surface area contributed by atoms with E-state index in [4.69, 9.17) is 8.22 Å². The number of H-pyrrole nitrogens is 1. The minimum Gasteiger partial charge on any atom is -0.507 e. The molecule has 1 aromatic carbocycles. The van der Waals surface area contributed by atoms with Gasteiger partial charge in [0.05, 0.1) is 0 Å². The maximum atomic E-state index is 9.90. The van der Waals surface area contributed by atoms with Crippen molar-refractivity contribution in [3.8, 4) is 5.75 Å². The summed E-state index contributed by atoms with van der Waals surface area (Å²) in [6, 6.07) is 4.75. The fourth-order valence-corrected chi connectivity index (χ4v) is 1.47. The molecule has 15 heavy (non-hydrogen) atoms. The topological polar surface area (TPSA) is 39.3 Å². The van der Waals surface area contributed by atoms with Gasteiger partial charge in [-0.15, -0.1) is 0 Å². The first-order chi connectivity index (χ1) is 9.56. The average molecular weight is 210 g/mol. The Morgan fingerprint density at radius 2 is 2.47 bits per heavy atom. The molecule has 0 spiro atoms. The molecule has 2 aromatic rings. The van der Waals surface area contributed by atoms with Gasteiger partial charge in [-0.05, 0) is 38.1 Å². The summed E-state index contributed by atoms with van der Waals surface area (Å²) in [6.07, 6.45) is -0.0715. The first-order valence-electron chi connectivity index (χ1n) is 7.59. The number of likely N-dealkylation sites (N-methyl/N-ethyl adjacent to an activating group) is 1. The second-order valence-electron chi connectivity index (χ2n) is 3.28. The second-order valence-corrected chi connectivity index (χ2v) is 3.28. The number of hydrogen-bond acceptors (Lipinski definition) is 2. The minimum atomic E-state index is -2.66. The van der Waals surface area contributed by atoms with E-state index >= 15 is 0 Å². The predicted molar refractivity (Wildman–Crippen MR) is 62.2 cm³/mol. The molecule has 0 radical (unpaired) electrons. The third-order valence-electron chi connectivity index (χ3n) is 2.13. The van der Waals surface area contributed by atoms with Crippen LogP contribution in [0.2, 0.25) is 0 Å². The normalized spacial score (nSPS) is 21.2. The highest BCUT2D eigenvalue weighted by Crippen LogP contribution is 2.27. The highest BCUT2D eigenvalue weighted by Gasteiger charge is 2.07. The standard InChI is InChI=1S/C12H16N2O/c1-14(2)7-6-9-8-13-10-4-3-5-11(15)12(9)10/h3-5,8,13,15H,6-7H2,1-2H3/i1D3,6D,7D2. The molecule has 0 aliphatic heterocycles. The van der Waals surface area contributed by atoms with Crippen LogP contribution in [0.1, 0.15) is 13.8 Å². The molecule has 1 atom stereocenters. The highest BCUT2D eigenvalue weighted by atomic mass is 16.3. The van der Waals surface area contributed by atoms with Crippen LogP contribution in [0, 0.1) is 0 Å². The molecule has 0 saturated heterocycles. The van der Waals surface area contributed by atoms with E-state index in [1.807, 2.05) is 0 Å². The van der Waals surface area contributed by atoms with Crippen molar-refractivity contribution in [1.82, 2.24) is 9.88 Å². The van der Waals surface area contributed by atoms with E-state index in [2.05, 4.69) is 4.98 Å². The summed E-state index contributed by atoms with van der Waals surface area (Å²) in [5, 5.41) is 10.2. The van der Waals surface area contributed by atoms with Crippen molar-refractivity contribution in [1.29, 1.82) is 0 Å². The lowest BCUT2D eigenvalue weighted by Crippen LogP contribution is -2.14. The number of hydrogen-bond donors (Lipinski definition) is 2. The van der Waals surface area contributed by atoms with Crippen LogP contribution in [0.3, 0.4) is 0 Å². The third-order valence-corrected chi connectivity index (χ3v) is 2.13. The number of aromatic nitrogens is 1. The molecule has 1 unspecified atom stereocenters. The van der Waals surface area contributed by atoms with Crippen LogP contribution in [0.15, 0.2) is 24.4 Å². The summed E-state index contributed by atoms with van der Waals surface area (Å²) in [7, 11) is 1.11. The molecule has 3 heteroatoms. The Balaban J connectivity index is 2.49. The SMILES string of the molecule is [2H]C(c1c[nH]c2cccc(O)c12)C([2H])([2H])N(C)C([2H])([2H])[2H]. The lowest BCUT2D eigenvalue weighted by molar-refractivity contribution is 0.414. The summed E-state index contributed by atoms with van der Waals surface area (Å²) in [5.41, 5.74) is 0.777. The van der Waals surface area contributed by atoms with Gasteiger partial charge in [-0.25, -0.2) is 0 Å². The van der Waals surface area contributed by atoms with E-state index in [9.17, 15) is 5.11 Å². The Kier molecular flexibility index (Phi) is 1.32. The van der Waals surface area contributed by atoms with E-state index < -0.39 is 19.9 Å². The summed E-state index contributed by atoms with van der Waals surface area (Å²) < 4.78 is 45.9. The van der Waals surface area contributed by atoms with Crippen molar-refractivity contribution < 1.29 is 13.3 Å². The fraction of sp³-hybridized carbons (Fsp3) is 0.333. The van der Waals surface area contributed by atoms with E-state index in [1.54, 1.807) is 12.1 Å². The summed E-state index contributed by atoms with van der Waals surface area (Å²) in [6.45, 7) is -5.08. The van der Waals surface area contributed by atoms with Crippen LogP contribution < -0.4 is 0 Å². The van der Waals surface area contributed by atoms with Gasteiger partial charge in [-0.3, -0.25) is 0 Å². The van der Waals surface area contributed by atoms with Gasteiger partial charge in [-0.1, -0.05) is 6.07 Å². The Labute approximate surface area is 97.8 Å². The zero-order chi connectivity index (χ0) is 16.0. The smallest absolute Gasteiger partial charge is 0.125 e. The molecule has 2 rings (SSSR count). The first-order valence-corrected chi connectivity index (χ1v) is 4.52. The number of aromatic hydroxyl groups is 1. The number of nitrogens with zero attached hydrogens (tertiary/aromatic N) is 1. The maximum Gasteiger partial charge on any atom is 0.125 e. The fourth-order valence-electron chi connectivity index (χ4n) is 1.47. The Morgan fingerprint density at radius 3 is 3.27 bits per heavy atom. The monoisotopic (exact) mass is 210 g/mol. The van der Waals surface area contributed by atoms with Gasteiger partial charge in [0.15, 0.2) is 0 Å². The molecule has 3 nitrogen and oxygen atoms in total. The molecule has 0 bridgehead atoms. The van der Waals surface area contributed by atoms with Gasteiger partial charge >= 0.3 is 0 Å². The molecule has 0 amide bonds. The number of benzene rings is 1. The molecule has 0 fully saturated rings. The van der Waals surface area contributed by atoms with E-state index in [0.29, 0.717) is 15.8 Å². The molecular weight excluding hydrogens is 188 g/mol. The Morgan fingerprint density at radius 1 is 1.60 bits per heavy atom. The molecule has 2 N–H and O–H groups in total. The van der Waals surface area contributed by atoms with Gasteiger partial charge in [0.1, 0.15) is 5.75 Å². The second kappa shape index (κ2) is 3.95. The van der Waals surface area contributed by atoms with Gasteiger partial charge in [0.25, 0.3) is 0 Å². The van der Waals surface area contributed by atoms with Crippen LogP contribution in [0.25, 0.3) is 10.9 Å². The average Bonchev–Trinajstić information content (AvgIpc) is 2.81.